The van der Waals surface area contributed by atoms with Crippen LogP contribution in [0.25, 0.3) is 0 Å². The minimum atomic E-state index is -1.35. The van der Waals surface area contributed by atoms with Gasteiger partial charge in [0.15, 0.2) is 12.2 Å². The maximum absolute atomic E-state index is 13.1. The van der Waals surface area contributed by atoms with Crippen LogP contribution in [0.3, 0.4) is 0 Å². The van der Waals surface area contributed by atoms with E-state index in [1.165, 1.54) is 24.3 Å². The summed E-state index contributed by atoms with van der Waals surface area (Å²) in [5.74, 6) is -2.99. The lowest BCUT2D eigenvalue weighted by molar-refractivity contribution is -0.385. The second kappa shape index (κ2) is 15.0. The fraction of sp³-hybridized carbons (Fsp3) is 0.241. The number of nitrogens with zero attached hydrogens (tertiary/aromatic N) is 3. The van der Waals surface area contributed by atoms with Gasteiger partial charge in [0.05, 0.1) is 32.5 Å². The quantitative estimate of drug-likeness (QED) is 0.114. The number of nitro benzene ring substituents is 3. The van der Waals surface area contributed by atoms with Gasteiger partial charge in [-0.15, -0.1) is 0 Å². The van der Waals surface area contributed by atoms with Crippen LogP contribution in [0.1, 0.15) is 38.0 Å². The number of esters is 3. The van der Waals surface area contributed by atoms with Crippen LogP contribution >= 0.6 is 11.8 Å². The Balaban J connectivity index is 1.57. The highest BCUT2D eigenvalue weighted by atomic mass is 32.2. The van der Waals surface area contributed by atoms with Gasteiger partial charge in [0.1, 0.15) is 12.2 Å². The topological polar surface area (TPSA) is 235 Å². The van der Waals surface area contributed by atoms with Crippen LogP contribution in [0.4, 0.5) is 17.1 Å². The van der Waals surface area contributed by atoms with Gasteiger partial charge < -0.3 is 18.9 Å². The van der Waals surface area contributed by atoms with Gasteiger partial charge >= 0.3 is 17.9 Å². The molecule has 0 aliphatic carbocycles. The molecule has 0 unspecified atom stereocenters. The van der Waals surface area contributed by atoms with E-state index in [2.05, 4.69) is 0 Å². The van der Waals surface area contributed by atoms with Gasteiger partial charge in [0.25, 0.3) is 17.1 Å². The lowest BCUT2D eigenvalue weighted by atomic mass is 10.1. The number of non-ortho nitro benzene ring substituents is 3. The van der Waals surface area contributed by atoms with Crippen LogP contribution in [0.15, 0.2) is 72.8 Å². The summed E-state index contributed by atoms with van der Waals surface area (Å²) in [5, 5.41) is 32.4. The summed E-state index contributed by atoms with van der Waals surface area (Å²) in [4.78, 5) is 82.0. The van der Waals surface area contributed by atoms with E-state index >= 15 is 0 Å². The average molecular weight is 670 g/mol. The molecule has 18 heteroatoms. The number of hydrogen-bond acceptors (Lipinski definition) is 15. The Morgan fingerprint density at radius 1 is 0.745 bits per heavy atom. The maximum atomic E-state index is 13.1. The standard InChI is InChI=1S/C29H23N3O14S/c1-16(33)44-26-23(45-27(34)17-2-8-20(9-3-17)30(37)38)14-43-25(26)24(46-28(35)18-4-10-21(11-5-18)31(39)40)15-47-29(36)19-6-12-22(13-7-19)32(41)42/h2-13,23-26H,14-15H2,1H3/t23-,24+,25+,26+/m0/s1. The maximum Gasteiger partial charge on any atom is 0.338 e. The predicted molar refractivity (Wildman–Crippen MR) is 160 cm³/mol. The first-order chi connectivity index (χ1) is 22.3. The number of nitro groups is 3. The van der Waals surface area contributed by atoms with Crippen molar-refractivity contribution in [1.29, 1.82) is 0 Å². The van der Waals surface area contributed by atoms with Crippen molar-refractivity contribution >= 4 is 51.8 Å². The largest absolute Gasteiger partial charge is 0.456 e. The van der Waals surface area contributed by atoms with Gasteiger partial charge in [-0.2, -0.15) is 0 Å². The summed E-state index contributed by atoms with van der Waals surface area (Å²) >= 11 is 0.660. The number of benzene rings is 3. The first-order valence-electron chi connectivity index (χ1n) is 13.5. The van der Waals surface area contributed by atoms with Crippen LogP contribution in [-0.4, -0.2) is 74.6 Å². The van der Waals surface area contributed by atoms with E-state index in [0.29, 0.717) is 11.8 Å². The summed E-state index contributed by atoms with van der Waals surface area (Å²) in [6, 6.07) is 13.8. The molecule has 47 heavy (non-hydrogen) atoms. The zero-order valence-electron chi connectivity index (χ0n) is 24.1. The number of hydrogen-bond donors (Lipinski definition) is 0. The fourth-order valence-corrected chi connectivity index (χ4v) is 5.24. The van der Waals surface area contributed by atoms with E-state index in [4.69, 9.17) is 18.9 Å². The molecule has 0 spiro atoms. The summed E-state index contributed by atoms with van der Waals surface area (Å²) in [5.41, 5.74) is -0.822. The van der Waals surface area contributed by atoms with Gasteiger partial charge in [0.2, 0.25) is 5.12 Å². The minimum absolute atomic E-state index is 0.0500. The molecule has 1 saturated heterocycles. The molecule has 1 aliphatic heterocycles. The van der Waals surface area contributed by atoms with Crippen molar-refractivity contribution in [3.8, 4) is 0 Å². The number of thioether (sulfide) groups is 1. The van der Waals surface area contributed by atoms with Crippen LogP contribution in [0.2, 0.25) is 0 Å². The molecule has 0 aromatic heterocycles. The number of ether oxygens (including phenoxy) is 4. The van der Waals surface area contributed by atoms with Gasteiger partial charge in [-0.05, 0) is 36.4 Å². The SMILES string of the molecule is CC(=O)O[C@H]1[C@@H]([C@@H](CSC(=O)c2ccc([N+](=O)[O-])cc2)OC(=O)c2ccc([N+](=O)[O-])cc2)OC[C@@H]1OC(=O)c1ccc([N+](=O)[O-])cc1. The van der Waals surface area contributed by atoms with Crippen LogP contribution in [-0.2, 0) is 23.7 Å². The molecule has 244 valence electrons. The van der Waals surface area contributed by atoms with E-state index in [1.807, 2.05) is 0 Å². The van der Waals surface area contributed by atoms with E-state index < -0.39 is 62.2 Å². The minimum Gasteiger partial charge on any atom is -0.456 e. The van der Waals surface area contributed by atoms with Crippen LogP contribution in [0, 0.1) is 30.3 Å². The first kappa shape index (κ1) is 34.1. The number of carbonyl (C=O) groups excluding carboxylic acids is 4. The molecule has 1 aliphatic rings. The molecule has 4 atom stereocenters. The second-order valence-electron chi connectivity index (χ2n) is 9.77. The third-order valence-corrected chi connectivity index (χ3v) is 7.64. The molecule has 3 aromatic carbocycles. The highest BCUT2D eigenvalue weighted by molar-refractivity contribution is 8.14. The summed E-state index contributed by atoms with van der Waals surface area (Å²) in [7, 11) is 0. The highest BCUT2D eigenvalue weighted by Crippen LogP contribution is 2.30. The smallest absolute Gasteiger partial charge is 0.338 e. The molecule has 4 rings (SSSR count). The van der Waals surface area contributed by atoms with Crippen molar-refractivity contribution in [2.75, 3.05) is 12.4 Å². The predicted octanol–water partition coefficient (Wildman–Crippen LogP) is 4.07. The molecule has 1 fully saturated rings. The van der Waals surface area contributed by atoms with Gasteiger partial charge in [-0.1, -0.05) is 11.8 Å². The summed E-state index contributed by atoms with van der Waals surface area (Å²) in [6.45, 7) is 0.739. The van der Waals surface area contributed by atoms with Crippen molar-refractivity contribution < 1.29 is 52.9 Å². The Bertz CT molecular complexity index is 1700. The number of carbonyl (C=O) groups is 4. The van der Waals surface area contributed by atoms with E-state index in [1.54, 1.807) is 0 Å². The molecule has 17 nitrogen and oxygen atoms in total. The van der Waals surface area contributed by atoms with Crippen molar-refractivity contribution in [2.24, 2.45) is 0 Å². The van der Waals surface area contributed by atoms with E-state index in [9.17, 15) is 49.5 Å². The Morgan fingerprint density at radius 2 is 1.19 bits per heavy atom. The fourth-order valence-electron chi connectivity index (χ4n) is 4.37. The Kier molecular flexibility index (Phi) is 10.9. The zero-order valence-corrected chi connectivity index (χ0v) is 24.9. The molecule has 0 bridgehead atoms. The van der Waals surface area contributed by atoms with Crippen LogP contribution < -0.4 is 0 Å². The van der Waals surface area contributed by atoms with Gasteiger partial charge in [-0.3, -0.25) is 39.9 Å². The molecule has 0 radical (unpaired) electrons. The van der Waals surface area contributed by atoms with E-state index in [0.717, 1.165) is 55.5 Å². The third-order valence-electron chi connectivity index (χ3n) is 6.65. The normalized spacial score (nSPS) is 17.6. The van der Waals surface area contributed by atoms with Crippen molar-refractivity contribution in [2.45, 2.75) is 31.3 Å². The van der Waals surface area contributed by atoms with Crippen molar-refractivity contribution in [3.05, 3.63) is 120 Å². The molecule has 0 N–H and O–H groups in total. The van der Waals surface area contributed by atoms with Crippen molar-refractivity contribution in [3.63, 3.8) is 0 Å². The lowest BCUT2D eigenvalue weighted by Crippen LogP contribution is -2.46. The Labute approximate surface area is 268 Å². The molecule has 3 aromatic rings. The number of rotatable bonds is 12. The van der Waals surface area contributed by atoms with Crippen molar-refractivity contribution in [1.82, 2.24) is 0 Å². The molecular formula is C29H23N3O14S. The molecular weight excluding hydrogens is 646 g/mol. The summed E-state index contributed by atoms with van der Waals surface area (Å²) < 4.78 is 22.3. The third kappa shape index (κ3) is 8.70. The van der Waals surface area contributed by atoms with Gasteiger partial charge in [0, 0.05) is 54.6 Å². The lowest BCUT2D eigenvalue weighted by Gasteiger charge is -2.28. The highest BCUT2D eigenvalue weighted by Gasteiger charge is 2.48. The average Bonchev–Trinajstić information content (AvgIpc) is 3.43. The molecule has 1 heterocycles. The summed E-state index contributed by atoms with van der Waals surface area (Å²) in [6.07, 6.45) is -5.20. The van der Waals surface area contributed by atoms with Crippen LogP contribution in [0.5, 0.6) is 0 Å². The molecule has 0 saturated carbocycles. The Morgan fingerprint density at radius 3 is 1.64 bits per heavy atom. The second-order valence-corrected chi connectivity index (χ2v) is 10.8. The first-order valence-corrected chi connectivity index (χ1v) is 14.4. The monoisotopic (exact) mass is 669 g/mol. The molecule has 0 amide bonds. The zero-order chi connectivity index (χ0) is 34.2. The van der Waals surface area contributed by atoms with E-state index in [-0.39, 0.29) is 46.1 Å². The van der Waals surface area contributed by atoms with Gasteiger partial charge in [-0.25, -0.2) is 9.59 Å². The Hall–Kier alpha value is -5.75.